The summed E-state index contributed by atoms with van der Waals surface area (Å²) in [5.74, 6) is -1.23. The number of carboxylic acid groups (broad SMARTS) is 1. The first-order valence-corrected chi connectivity index (χ1v) is 6.91. The summed E-state index contributed by atoms with van der Waals surface area (Å²) in [4.78, 5) is 25.8. The monoisotopic (exact) mass is 354 g/mol. The first-order chi connectivity index (χ1) is 9.49. The molecule has 0 amide bonds. The van der Waals surface area contributed by atoms with Crippen LogP contribution in [0, 0.1) is 10.1 Å². The number of aromatic nitrogens is 1. The molecule has 0 saturated heterocycles. The summed E-state index contributed by atoms with van der Waals surface area (Å²) in [6, 6.07) is 9.40. The molecule has 0 radical (unpaired) electrons. The molecule has 0 saturated carbocycles. The van der Waals surface area contributed by atoms with Gasteiger partial charge in [-0.25, -0.2) is 9.78 Å². The molecule has 1 aromatic heterocycles. The van der Waals surface area contributed by atoms with Crippen LogP contribution in [0.4, 0.5) is 5.69 Å². The van der Waals surface area contributed by atoms with Gasteiger partial charge in [0, 0.05) is 15.4 Å². The highest BCUT2D eigenvalue weighted by atomic mass is 79.9. The number of nitro groups is 1. The predicted octanol–water partition coefficient (Wildman–Crippen LogP) is 3.60. The maximum Gasteiger partial charge on any atom is 0.354 e. The molecule has 0 aliphatic heterocycles. The summed E-state index contributed by atoms with van der Waals surface area (Å²) in [5.41, 5.74) is -0.457. The summed E-state index contributed by atoms with van der Waals surface area (Å²) >= 11 is 4.37. The Labute approximate surface area is 126 Å². The van der Waals surface area contributed by atoms with Crippen molar-refractivity contribution in [2.45, 2.75) is 9.92 Å². The second-order valence-corrected chi connectivity index (χ2v) is 5.50. The Balaban J connectivity index is 2.48. The Morgan fingerprint density at radius 1 is 1.30 bits per heavy atom. The minimum atomic E-state index is -1.23. The van der Waals surface area contributed by atoms with Gasteiger partial charge in [-0.05, 0) is 34.1 Å². The third-order valence-corrected chi connectivity index (χ3v) is 4.32. The number of halogens is 1. The Kier molecular flexibility index (Phi) is 4.35. The van der Waals surface area contributed by atoms with Gasteiger partial charge in [-0.1, -0.05) is 23.9 Å². The molecular formula is C12H7BrN2O4S. The number of hydrogen-bond donors (Lipinski definition) is 1. The summed E-state index contributed by atoms with van der Waals surface area (Å²) < 4.78 is 0.752. The third kappa shape index (κ3) is 3.14. The van der Waals surface area contributed by atoms with Gasteiger partial charge < -0.3 is 5.11 Å². The van der Waals surface area contributed by atoms with Gasteiger partial charge in [-0.15, -0.1) is 0 Å². The van der Waals surface area contributed by atoms with Crippen molar-refractivity contribution in [1.82, 2.24) is 4.98 Å². The van der Waals surface area contributed by atoms with E-state index >= 15 is 0 Å². The molecule has 1 heterocycles. The second-order valence-electron chi connectivity index (χ2n) is 3.62. The van der Waals surface area contributed by atoms with Gasteiger partial charge >= 0.3 is 11.7 Å². The molecule has 6 nitrogen and oxygen atoms in total. The Morgan fingerprint density at radius 3 is 2.60 bits per heavy atom. The maximum atomic E-state index is 11.0. The number of hydrogen-bond acceptors (Lipinski definition) is 5. The fourth-order valence-corrected chi connectivity index (χ4v) is 2.84. The largest absolute Gasteiger partial charge is 0.477 e. The van der Waals surface area contributed by atoms with Crippen LogP contribution in [0.25, 0.3) is 0 Å². The molecule has 2 rings (SSSR count). The predicted molar refractivity (Wildman–Crippen MR) is 76.1 cm³/mol. The molecule has 2 aromatic rings. The summed E-state index contributed by atoms with van der Waals surface area (Å²) in [5, 5.41) is 19.9. The van der Waals surface area contributed by atoms with Crippen molar-refractivity contribution >= 4 is 39.3 Å². The minimum Gasteiger partial charge on any atom is -0.477 e. The zero-order valence-electron chi connectivity index (χ0n) is 9.82. The quantitative estimate of drug-likeness (QED) is 0.665. The molecule has 0 atom stereocenters. The number of nitrogens with zero attached hydrogens (tertiary/aromatic N) is 2. The van der Waals surface area contributed by atoms with Crippen LogP contribution >= 0.6 is 27.7 Å². The van der Waals surface area contributed by atoms with E-state index in [-0.39, 0.29) is 16.4 Å². The first-order valence-electron chi connectivity index (χ1n) is 5.30. The summed E-state index contributed by atoms with van der Waals surface area (Å²) in [6.07, 6.45) is 0. The van der Waals surface area contributed by atoms with Gasteiger partial charge in [0.1, 0.15) is 5.69 Å². The van der Waals surface area contributed by atoms with Crippen molar-refractivity contribution in [1.29, 1.82) is 0 Å². The average Bonchev–Trinajstić information content (AvgIpc) is 2.41. The van der Waals surface area contributed by atoms with Gasteiger partial charge in [0.15, 0.2) is 5.03 Å². The van der Waals surface area contributed by atoms with E-state index < -0.39 is 10.9 Å². The Morgan fingerprint density at radius 2 is 2.00 bits per heavy atom. The SMILES string of the molecule is O=C(O)c1ccc([N+](=O)[O-])c(Sc2ccccc2Br)n1. The van der Waals surface area contributed by atoms with E-state index in [0.717, 1.165) is 28.4 Å². The van der Waals surface area contributed by atoms with Gasteiger partial charge in [0.25, 0.3) is 0 Å². The van der Waals surface area contributed by atoms with Gasteiger partial charge in [-0.3, -0.25) is 10.1 Å². The average molecular weight is 355 g/mol. The molecule has 0 spiro atoms. The van der Waals surface area contributed by atoms with Gasteiger partial charge in [0.2, 0.25) is 0 Å². The number of pyridine rings is 1. The minimum absolute atomic E-state index is 0.0433. The van der Waals surface area contributed by atoms with Crippen molar-refractivity contribution in [3.05, 3.63) is 56.7 Å². The standard InChI is InChI=1S/C12H7BrN2O4S/c13-7-3-1-2-4-10(7)20-11-9(15(18)19)6-5-8(14-11)12(16)17/h1-6H,(H,16,17). The van der Waals surface area contributed by atoms with E-state index in [1.807, 2.05) is 6.07 Å². The second kappa shape index (κ2) is 6.02. The van der Waals surface area contributed by atoms with E-state index in [0.29, 0.717) is 4.90 Å². The van der Waals surface area contributed by atoms with E-state index in [9.17, 15) is 14.9 Å². The lowest BCUT2D eigenvalue weighted by Crippen LogP contribution is -2.03. The summed E-state index contributed by atoms with van der Waals surface area (Å²) in [6.45, 7) is 0. The van der Waals surface area contributed by atoms with Crippen LogP contribution in [-0.2, 0) is 0 Å². The molecule has 1 aromatic carbocycles. The lowest BCUT2D eigenvalue weighted by Gasteiger charge is -2.05. The fourth-order valence-electron chi connectivity index (χ4n) is 1.40. The normalized spacial score (nSPS) is 10.2. The van der Waals surface area contributed by atoms with Crippen molar-refractivity contribution in [3.8, 4) is 0 Å². The Bertz CT molecular complexity index is 693. The van der Waals surface area contributed by atoms with E-state index in [1.165, 1.54) is 0 Å². The Hall–Kier alpha value is -1.93. The highest BCUT2D eigenvalue weighted by Gasteiger charge is 2.20. The van der Waals surface area contributed by atoms with Crippen LogP contribution in [0.1, 0.15) is 10.5 Å². The van der Waals surface area contributed by atoms with E-state index in [4.69, 9.17) is 5.11 Å². The zero-order chi connectivity index (χ0) is 14.7. The number of carbonyl (C=O) groups is 1. The van der Waals surface area contributed by atoms with Crippen LogP contribution in [0.2, 0.25) is 0 Å². The number of aromatic carboxylic acids is 1. The highest BCUT2D eigenvalue weighted by molar-refractivity contribution is 9.10. The third-order valence-electron chi connectivity index (χ3n) is 2.30. The molecule has 0 unspecified atom stereocenters. The van der Waals surface area contributed by atoms with Crippen molar-refractivity contribution in [3.63, 3.8) is 0 Å². The van der Waals surface area contributed by atoms with Crippen LogP contribution in [0.3, 0.4) is 0 Å². The van der Waals surface area contributed by atoms with Crippen LogP contribution in [-0.4, -0.2) is 21.0 Å². The molecule has 0 fully saturated rings. The topological polar surface area (TPSA) is 93.3 Å². The smallest absolute Gasteiger partial charge is 0.354 e. The summed E-state index contributed by atoms with van der Waals surface area (Å²) in [7, 11) is 0. The van der Waals surface area contributed by atoms with E-state index in [2.05, 4.69) is 20.9 Å². The van der Waals surface area contributed by atoms with Gasteiger partial charge in [-0.2, -0.15) is 0 Å². The van der Waals surface area contributed by atoms with Crippen molar-refractivity contribution < 1.29 is 14.8 Å². The fraction of sp³-hybridized carbons (Fsp3) is 0. The number of benzene rings is 1. The number of rotatable bonds is 4. The molecule has 0 aliphatic carbocycles. The molecular weight excluding hydrogens is 348 g/mol. The highest BCUT2D eigenvalue weighted by Crippen LogP contribution is 2.36. The van der Waals surface area contributed by atoms with Crippen molar-refractivity contribution in [2.24, 2.45) is 0 Å². The number of carboxylic acids is 1. The van der Waals surface area contributed by atoms with Crippen LogP contribution in [0.5, 0.6) is 0 Å². The molecule has 1 N–H and O–H groups in total. The van der Waals surface area contributed by atoms with Crippen LogP contribution < -0.4 is 0 Å². The molecule has 0 aliphatic rings. The van der Waals surface area contributed by atoms with Gasteiger partial charge in [0.05, 0.1) is 4.92 Å². The molecule has 20 heavy (non-hydrogen) atoms. The lowest BCUT2D eigenvalue weighted by molar-refractivity contribution is -0.388. The lowest BCUT2D eigenvalue weighted by atomic mass is 10.3. The molecule has 8 heteroatoms. The molecule has 102 valence electrons. The first kappa shape index (κ1) is 14.5. The van der Waals surface area contributed by atoms with Crippen LogP contribution in [0.15, 0.2) is 50.8 Å². The molecule has 0 bridgehead atoms. The van der Waals surface area contributed by atoms with E-state index in [1.54, 1.807) is 18.2 Å². The van der Waals surface area contributed by atoms with Crippen molar-refractivity contribution in [2.75, 3.05) is 0 Å². The maximum absolute atomic E-state index is 11.0. The zero-order valence-corrected chi connectivity index (χ0v) is 12.2.